The summed E-state index contributed by atoms with van der Waals surface area (Å²) in [7, 11) is -2.62. The van der Waals surface area contributed by atoms with Crippen LogP contribution in [0.4, 0.5) is 18.9 Å². The van der Waals surface area contributed by atoms with E-state index < -0.39 is 30.3 Å². The Morgan fingerprint density at radius 2 is 1.39 bits per heavy atom. The summed E-state index contributed by atoms with van der Waals surface area (Å²) in [6.07, 6.45) is 1.38. The minimum absolute atomic E-state index is 0.140. The maximum atomic E-state index is 13.5. The van der Waals surface area contributed by atoms with Gasteiger partial charge >= 0.3 is 14.1 Å². The molecule has 0 bridgehead atoms. The van der Waals surface area contributed by atoms with Crippen LogP contribution in [0.15, 0.2) is 12.1 Å². The number of non-ortho nitro benzene ring substituents is 1. The summed E-state index contributed by atoms with van der Waals surface area (Å²) in [6.45, 7) is 5.01. The monoisotopic (exact) mass is 488 g/mol. The van der Waals surface area contributed by atoms with E-state index in [2.05, 4.69) is 24.3 Å². The Labute approximate surface area is 188 Å². The second-order valence-corrected chi connectivity index (χ2v) is 11.5. The number of nitro groups is 1. The predicted octanol–water partition coefficient (Wildman–Crippen LogP) is 3.75. The number of benzene rings is 1. The van der Waals surface area contributed by atoms with Crippen LogP contribution in [-0.4, -0.2) is 73.4 Å². The van der Waals surface area contributed by atoms with Crippen LogP contribution >= 0.6 is 7.94 Å². The van der Waals surface area contributed by atoms with E-state index in [1.54, 1.807) is 0 Å². The molecule has 5 rings (SSSR count). The van der Waals surface area contributed by atoms with Crippen LogP contribution in [0.1, 0.15) is 44.1 Å². The normalized spacial score (nSPS) is 21.4. The van der Waals surface area contributed by atoms with Gasteiger partial charge in [0.1, 0.15) is 5.52 Å². The number of rotatable bonds is 6. The lowest BCUT2D eigenvalue weighted by Gasteiger charge is -2.39. The number of fused-ring (bicyclic) bond motifs is 1. The van der Waals surface area contributed by atoms with Crippen LogP contribution in [0.5, 0.6) is 0 Å². The third-order valence-electron chi connectivity index (χ3n) is 6.57. The molecule has 0 N–H and O–H groups in total. The molecule has 0 unspecified atom stereocenters. The van der Waals surface area contributed by atoms with Crippen molar-refractivity contribution in [2.24, 2.45) is 0 Å². The van der Waals surface area contributed by atoms with Gasteiger partial charge in [-0.3, -0.25) is 10.1 Å². The zero-order valence-electron chi connectivity index (χ0n) is 18.1. The molecular weight excluding hydrogens is 462 g/mol. The van der Waals surface area contributed by atoms with Crippen LogP contribution in [0.2, 0.25) is 0 Å². The second-order valence-electron chi connectivity index (χ2n) is 8.66. The summed E-state index contributed by atoms with van der Waals surface area (Å²) < 4.78 is 54.3. The molecule has 10 nitrogen and oxygen atoms in total. The number of nitro benzene ring substituents is 1. The lowest BCUT2D eigenvalue weighted by Crippen LogP contribution is -2.47. The molecule has 0 saturated carbocycles. The lowest BCUT2D eigenvalue weighted by atomic mass is 10.1. The van der Waals surface area contributed by atoms with E-state index in [0.717, 1.165) is 88.7 Å². The van der Waals surface area contributed by atoms with E-state index >= 15 is 0 Å². The first-order valence-electron chi connectivity index (χ1n) is 11.3. The van der Waals surface area contributed by atoms with E-state index in [-0.39, 0.29) is 11.0 Å². The summed E-state index contributed by atoms with van der Waals surface area (Å²) in [6, 6.07) is 1.35. The highest BCUT2D eigenvalue weighted by Crippen LogP contribution is 2.68. The minimum atomic E-state index is -4.75. The molecule has 1 aromatic heterocycles. The van der Waals surface area contributed by atoms with Crippen LogP contribution in [-0.2, 0) is 6.18 Å². The maximum absolute atomic E-state index is 13.5. The van der Waals surface area contributed by atoms with Gasteiger partial charge in [0.2, 0.25) is 0 Å². The van der Waals surface area contributed by atoms with Gasteiger partial charge in [-0.15, -0.1) is 19.1 Å². The smallest absolute Gasteiger partial charge is 0.258 e. The van der Waals surface area contributed by atoms with Gasteiger partial charge < -0.3 is 0 Å². The van der Waals surface area contributed by atoms with Crippen LogP contribution in [0.3, 0.4) is 0 Å². The molecule has 0 atom stereocenters. The number of halogens is 3. The number of alkyl halides is 3. The van der Waals surface area contributed by atoms with Gasteiger partial charge in [0.15, 0.2) is 5.52 Å². The molecule has 1 aromatic carbocycles. The SMILES string of the molecule is O=[N+]([O-])c1cc(C(F)(F)F)cc2c1nnn2O[P+](N1CCCC1)(N1CCCC1)N1CCCC1. The van der Waals surface area contributed by atoms with Crippen LogP contribution < -0.4 is 4.62 Å². The highest BCUT2D eigenvalue weighted by molar-refractivity contribution is 7.64. The molecule has 0 radical (unpaired) electrons. The fourth-order valence-corrected chi connectivity index (χ4v) is 9.15. The Morgan fingerprint density at radius 1 is 0.909 bits per heavy atom. The van der Waals surface area contributed by atoms with E-state index in [9.17, 15) is 23.3 Å². The lowest BCUT2D eigenvalue weighted by molar-refractivity contribution is -0.383. The van der Waals surface area contributed by atoms with Gasteiger partial charge in [0.05, 0.1) is 10.5 Å². The van der Waals surface area contributed by atoms with Crippen molar-refractivity contribution in [1.29, 1.82) is 0 Å². The molecule has 3 aliphatic rings. The van der Waals surface area contributed by atoms with Crippen molar-refractivity contribution in [1.82, 2.24) is 29.2 Å². The molecule has 3 fully saturated rings. The first kappa shape index (κ1) is 22.7. The van der Waals surface area contributed by atoms with Crippen molar-refractivity contribution in [2.75, 3.05) is 39.3 Å². The molecule has 0 aliphatic carbocycles. The van der Waals surface area contributed by atoms with Crippen molar-refractivity contribution in [3.8, 4) is 0 Å². The number of hydrogen-bond acceptors (Lipinski definition) is 8. The zero-order chi connectivity index (χ0) is 23.2. The summed E-state index contributed by atoms with van der Waals surface area (Å²) in [5, 5.41) is 19.4. The third-order valence-corrected chi connectivity index (χ3v) is 10.3. The van der Waals surface area contributed by atoms with Gasteiger partial charge in [-0.25, -0.2) is 0 Å². The van der Waals surface area contributed by atoms with Crippen molar-refractivity contribution >= 4 is 24.7 Å². The molecule has 2 aromatic rings. The molecule has 4 heterocycles. The molecule has 33 heavy (non-hydrogen) atoms. The largest absolute Gasteiger partial charge is 0.451 e. The summed E-state index contributed by atoms with van der Waals surface area (Å²) in [5.74, 6) is 0. The third kappa shape index (κ3) is 3.94. The number of aromatic nitrogens is 3. The highest BCUT2D eigenvalue weighted by atomic mass is 31.2. The topological polar surface area (TPSA) is 92.8 Å². The average Bonchev–Trinajstić information content (AvgIpc) is 3.58. The van der Waals surface area contributed by atoms with Crippen molar-refractivity contribution in [3.05, 3.63) is 27.8 Å². The molecular formula is C19H26F3N7O3P+. The van der Waals surface area contributed by atoms with Crippen molar-refractivity contribution in [2.45, 2.75) is 44.7 Å². The fourth-order valence-electron chi connectivity index (χ4n) is 5.03. The summed E-state index contributed by atoms with van der Waals surface area (Å²) in [5.41, 5.74) is -2.21. The summed E-state index contributed by atoms with van der Waals surface area (Å²) in [4.78, 5) is 11.7. The Kier molecular flexibility index (Phi) is 5.92. The minimum Gasteiger partial charge on any atom is -0.258 e. The number of nitrogens with zero attached hydrogens (tertiary/aromatic N) is 7. The summed E-state index contributed by atoms with van der Waals surface area (Å²) >= 11 is 0. The molecule has 3 saturated heterocycles. The first-order chi connectivity index (χ1) is 15.8. The van der Waals surface area contributed by atoms with E-state index in [1.807, 2.05) is 0 Å². The molecule has 180 valence electrons. The van der Waals surface area contributed by atoms with Gasteiger partial charge in [0.25, 0.3) is 5.69 Å². The Balaban J connectivity index is 1.65. The Hall–Kier alpha value is -2.08. The second kappa shape index (κ2) is 8.61. The standard InChI is InChI=1S/C19H26F3N7O3P/c20-19(21,22)15-13-16-18(17(14-15)29(30)31)23-24-28(16)32-33(25-7-1-2-8-25,26-9-3-4-10-26)27-11-5-6-12-27/h13-14H,1-12H2/q+1. The van der Waals surface area contributed by atoms with Gasteiger partial charge in [-0.05, 0) is 54.6 Å². The first-order valence-corrected chi connectivity index (χ1v) is 12.8. The molecule has 0 spiro atoms. The van der Waals surface area contributed by atoms with Gasteiger partial charge in [0, 0.05) is 45.3 Å². The van der Waals surface area contributed by atoms with Gasteiger partial charge in [-0.2, -0.15) is 17.8 Å². The molecule has 3 aliphatic heterocycles. The quantitative estimate of drug-likeness (QED) is 0.345. The Morgan fingerprint density at radius 3 is 1.82 bits per heavy atom. The predicted molar refractivity (Wildman–Crippen MR) is 115 cm³/mol. The molecule has 0 amide bonds. The fraction of sp³-hybridized carbons (Fsp3) is 0.684. The maximum Gasteiger partial charge on any atom is 0.451 e. The van der Waals surface area contributed by atoms with E-state index in [0.29, 0.717) is 6.07 Å². The van der Waals surface area contributed by atoms with Crippen LogP contribution in [0, 0.1) is 10.1 Å². The van der Waals surface area contributed by atoms with Crippen LogP contribution in [0.25, 0.3) is 11.0 Å². The van der Waals surface area contributed by atoms with Crippen molar-refractivity contribution in [3.63, 3.8) is 0 Å². The van der Waals surface area contributed by atoms with Gasteiger partial charge in [-0.1, -0.05) is 0 Å². The number of hydrogen-bond donors (Lipinski definition) is 0. The molecule has 14 heteroatoms. The Bertz CT molecular complexity index is 991. The highest BCUT2D eigenvalue weighted by Gasteiger charge is 2.64. The average molecular weight is 488 g/mol. The zero-order valence-corrected chi connectivity index (χ0v) is 19.0. The van der Waals surface area contributed by atoms with E-state index in [1.165, 1.54) is 0 Å². The van der Waals surface area contributed by atoms with E-state index in [4.69, 9.17) is 4.62 Å². The van der Waals surface area contributed by atoms with Crippen molar-refractivity contribution < 1.29 is 22.7 Å².